The molecule has 41 heavy (non-hydrogen) atoms. The van der Waals surface area contributed by atoms with Gasteiger partial charge in [-0.1, -0.05) is 20.8 Å². The quantitative estimate of drug-likeness (QED) is 0.0774. The molecule has 0 radical (unpaired) electrons. The highest BCUT2D eigenvalue weighted by Crippen LogP contribution is 1.87. The van der Waals surface area contributed by atoms with Crippen LogP contribution >= 0.6 is 0 Å². The summed E-state index contributed by atoms with van der Waals surface area (Å²) in [6, 6.07) is 0. The average molecular weight is 592 g/mol. The largest absolute Gasteiger partial charge is 0.379 e. The minimum atomic E-state index is -0.593. The van der Waals surface area contributed by atoms with E-state index in [2.05, 4.69) is 26.6 Å². The van der Waals surface area contributed by atoms with Crippen molar-refractivity contribution >= 4 is 35.3 Å². The van der Waals surface area contributed by atoms with Crippen LogP contribution in [-0.2, 0) is 47.7 Å². The Kier molecular flexibility index (Phi) is 29.1. The van der Waals surface area contributed by atoms with E-state index in [1.165, 1.54) is 6.92 Å². The molecule has 0 fully saturated rings. The Labute approximate surface area is 242 Å². The summed E-state index contributed by atoms with van der Waals surface area (Å²) in [6.45, 7) is 9.47. The van der Waals surface area contributed by atoms with Gasteiger partial charge >= 0.3 is 0 Å². The molecule has 0 aromatic rings. The number of Topliss-reactive ketones (excluding diaryl/α,β-unsaturated/α-hetero) is 1. The number of ketones is 1. The van der Waals surface area contributed by atoms with Gasteiger partial charge in [-0.2, -0.15) is 0 Å². The lowest BCUT2D eigenvalue weighted by molar-refractivity contribution is -0.129. The maximum absolute atomic E-state index is 11.8. The SMILES string of the molecule is CC.CCCC(=O)NCCOCCOCCOCCOCCC(=O)NCC(=O)NCC(=O)NCC(=O)NCC(C)=O. The molecule has 0 aromatic carbocycles. The molecule has 0 spiro atoms. The molecule has 0 unspecified atom stereocenters. The summed E-state index contributed by atoms with van der Waals surface area (Å²) >= 11 is 0. The third-order valence-electron chi connectivity index (χ3n) is 4.51. The third kappa shape index (κ3) is 31.2. The zero-order valence-electron chi connectivity index (χ0n) is 24.9. The fourth-order valence-electron chi connectivity index (χ4n) is 2.54. The summed E-state index contributed by atoms with van der Waals surface area (Å²) in [5.74, 6) is -2.28. The molecule has 0 aromatic heterocycles. The number of rotatable bonds is 25. The molecule has 0 aliphatic carbocycles. The minimum Gasteiger partial charge on any atom is -0.379 e. The van der Waals surface area contributed by atoms with Gasteiger partial charge in [-0.3, -0.25) is 28.8 Å². The molecule has 0 atom stereocenters. The number of hydrogen-bond acceptors (Lipinski definition) is 10. The van der Waals surface area contributed by atoms with Gasteiger partial charge < -0.3 is 45.5 Å². The number of ether oxygens (including phenoxy) is 4. The highest BCUT2D eigenvalue weighted by atomic mass is 16.6. The monoisotopic (exact) mass is 591 g/mol. The van der Waals surface area contributed by atoms with Gasteiger partial charge in [-0.15, -0.1) is 0 Å². The Bertz CT molecular complexity index is 752. The summed E-state index contributed by atoms with van der Waals surface area (Å²) in [5.41, 5.74) is 0. The zero-order valence-corrected chi connectivity index (χ0v) is 24.9. The molecule has 5 amide bonds. The first-order chi connectivity index (χ1) is 19.7. The van der Waals surface area contributed by atoms with Gasteiger partial charge in [0.1, 0.15) is 5.78 Å². The highest BCUT2D eigenvalue weighted by molar-refractivity contribution is 5.91. The molecular weight excluding hydrogens is 542 g/mol. The summed E-state index contributed by atoms with van der Waals surface area (Å²) in [6.07, 6.45) is 1.39. The van der Waals surface area contributed by atoms with Crippen LogP contribution in [0.4, 0.5) is 0 Å². The van der Waals surface area contributed by atoms with Crippen LogP contribution in [0.5, 0.6) is 0 Å². The summed E-state index contributed by atoms with van der Waals surface area (Å²) in [5, 5.41) is 12.1. The van der Waals surface area contributed by atoms with Gasteiger partial charge in [0.2, 0.25) is 29.5 Å². The fourth-order valence-corrected chi connectivity index (χ4v) is 2.54. The van der Waals surface area contributed by atoms with Crippen LogP contribution in [0.1, 0.15) is 47.0 Å². The molecule has 0 bridgehead atoms. The number of carbonyl (C=O) groups is 6. The summed E-state index contributed by atoms with van der Waals surface area (Å²) < 4.78 is 21.4. The van der Waals surface area contributed by atoms with E-state index in [0.717, 1.165) is 6.42 Å². The second-order valence-corrected chi connectivity index (χ2v) is 8.11. The molecule has 0 aliphatic heterocycles. The van der Waals surface area contributed by atoms with Crippen LogP contribution < -0.4 is 26.6 Å². The second-order valence-electron chi connectivity index (χ2n) is 8.11. The van der Waals surface area contributed by atoms with Crippen molar-refractivity contribution in [3.8, 4) is 0 Å². The minimum absolute atomic E-state index is 0.0249. The molecule has 15 heteroatoms. The molecule has 0 aliphatic rings. The topological polar surface area (TPSA) is 199 Å². The Morgan fingerprint density at radius 1 is 0.463 bits per heavy atom. The van der Waals surface area contributed by atoms with E-state index in [1.54, 1.807) is 0 Å². The van der Waals surface area contributed by atoms with Crippen LogP contribution in [-0.4, -0.2) is 121 Å². The standard InChI is InChI=1S/C24H43N5O10.C2H6/c1-3-4-20(31)25-6-8-37-10-12-39-14-13-38-11-9-36-7-5-21(32)27-16-23(34)29-18-24(35)28-17-22(33)26-15-19(2)30;1-2/h3-18H2,1-2H3,(H,25,31)(H,26,33)(H,27,32)(H,28,35)(H,29,34);1-2H3. The van der Waals surface area contributed by atoms with Crippen molar-refractivity contribution in [2.75, 3.05) is 85.6 Å². The van der Waals surface area contributed by atoms with E-state index >= 15 is 0 Å². The normalized spacial score (nSPS) is 10.0. The van der Waals surface area contributed by atoms with Gasteiger partial charge in [-0.05, 0) is 13.3 Å². The number of amides is 5. The van der Waals surface area contributed by atoms with Gasteiger partial charge in [0.05, 0.1) is 79.0 Å². The number of nitrogens with one attached hydrogen (secondary N) is 5. The van der Waals surface area contributed by atoms with Crippen molar-refractivity contribution in [2.24, 2.45) is 0 Å². The third-order valence-corrected chi connectivity index (χ3v) is 4.51. The Hall–Kier alpha value is -3.14. The van der Waals surface area contributed by atoms with Gasteiger partial charge in [0, 0.05) is 19.4 Å². The number of carbonyl (C=O) groups excluding carboxylic acids is 6. The summed E-state index contributed by atoms with van der Waals surface area (Å²) in [7, 11) is 0. The van der Waals surface area contributed by atoms with Gasteiger partial charge in [-0.25, -0.2) is 0 Å². The fraction of sp³-hybridized carbons (Fsp3) is 0.769. The first-order valence-electron chi connectivity index (χ1n) is 13.9. The van der Waals surface area contributed by atoms with Crippen molar-refractivity contribution in [1.29, 1.82) is 0 Å². The van der Waals surface area contributed by atoms with E-state index in [4.69, 9.17) is 18.9 Å². The molecule has 5 N–H and O–H groups in total. The van der Waals surface area contributed by atoms with Crippen molar-refractivity contribution in [3.63, 3.8) is 0 Å². The Morgan fingerprint density at radius 3 is 1.27 bits per heavy atom. The maximum atomic E-state index is 11.8. The van der Waals surface area contributed by atoms with E-state index < -0.39 is 23.6 Å². The number of hydrogen-bond donors (Lipinski definition) is 5. The predicted molar refractivity (Wildman–Crippen MR) is 150 cm³/mol. The van der Waals surface area contributed by atoms with E-state index in [9.17, 15) is 28.8 Å². The van der Waals surface area contributed by atoms with Gasteiger partial charge in [0.25, 0.3) is 0 Å². The molecule has 0 saturated carbocycles. The van der Waals surface area contributed by atoms with Crippen molar-refractivity contribution in [3.05, 3.63) is 0 Å². The van der Waals surface area contributed by atoms with E-state index in [0.29, 0.717) is 59.2 Å². The second kappa shape index (κ2) is 29.8. The van der Waals surface area contributed by atoms with Crippen molar-refractivity contribution in [2.45, 2.75) is 47.0 Å². The Balaban J connectivity index is 0. The first kappa shape index (κ1) is 40.0. The van der Waals surface area contributed by atoms with E-state index in [1.807, 2.05) is 20.8 Å². The highest BCUT2D eigenvalue weighted by Gasteiger charge is 2.09. The molecule has 238 valence electrons. The lowest BCUT2D eigenvalue weighted by atomic mass is 10.3. The molecule has 0 heterocycles. The summed E-state index contributed by atoms with van der Waals surface area (Å²) in [4.78, 5) is 68.5. The molecule has 15 nitrogen and oxygen atoms in total. The lowest BCUT2D eigenvalue weighted by Gasteiger charge is -2.09. The van der Waals surface area contributed by atoms with Crippen LogP contribution in [0.15, 0.2) is 0 Å². The Morgan fingerprint density at radius 2 is 0.829 bits per heavy atom. The molecule has 0 rings (SSSR count). The van der Waals surface area contributed by atoms with Crippen LogP contribution in [0.2, 0.25) is 0 Å². The van der Waals surface area contributed by atoms with Crippen LogP contribution in [0.3, 0.4) is 0 Å². The zero-order chi connectivity index (χ0) is 31.1. The van der Waals surface area contributed by atoms with Gasteiger partial charge in [0.15, 0.2) is 0 Å². The van der Waals surface area contributed by atoms with Crippen molar-refractivity contribution < 1.29 is 47.7 Å². The lowest BCUT2D eigenvalue weighted by Crippen LogP contribution is -2.44. The molecule has 0 saturated heterocycles. The first-order valence-corrected chi connectivity index (χ1v) is 13.9. The predicted octanol–water partition coefficient (Wildman–Crippen LogP) is -1.56. The van der Waals surface area contributed by atoms with E-state index in [-0.39, 0.29) is 50.9 Å². The average Bonchev–Trinajstić information content (AvgIpc) is 2.95. The van der Waals surface area contributed by atoms with Crippen LogP contribution in [0, 0.1) is 0 Å². The maximum Gasteiger partial charge on any atom is 0.239 e. The molecular formula is C26H49N5O10. The van der Waals surface area contributed by atoms with Crippen molar-refractivity contribution in [1.82, 2.24) is 26.6 Å². The smallest absolute Gasteiger partial charge is 0.239 e. The van der Waals surface area contributed by atoms with Crippen LogP contribution in [0.25, 0.3) is 0 Å².